The van der Waals surface area contributed by atoms with Gasteiger partial charge in [-0.15, -0.1) is 0 Å². The summed E-state index contributed by atoms with van der Waals surface area (Å²) in [6, 6.07) is 7.20. The molecule has 1 aromatic rings. The van der Waals surface area contributed by atoms with Gasteiger partial charge in [-0.1, -0.05) is 49.4 Å². The maximum atomic E-state index is 13.2. The van der Waals surface area contributed by atoms with E-state index in [1.165, 1.54) is 23.4 Å². The lowest BCUT2D eigenvalue weighted by molar-refractivity contribution is 0.156. The molecule has 1 rings (SSSR count). The second-order valence-electron chi connectivity index (χ2n) is 6.43. The number of carbonyl (C=O) groups is 1. The summed E-state index contributed by atoms with van der Waals surface area (Å²) >= 11 is 0.180. The third kappa shape index (κ3) is 7.89. The Hall–Kier alpha value is -1.15. The zero-order valence-corrected chi connectivity index (χ0v) is 20.4. The van der Waals surface area contributed by atoms with Crippen molar-refractivity contribution < 1.29 is 23.5 Å². The van der Waals surface area contributed by atoms with Gasteiger partial charge < -0.3 is 23.6 Å². The molecule has 164 valence electrons. The predicted molar refractivity (Wildman–Crippen MR) is 122 cm³/mol. The van der Waals surface area contributed by atoms with E-state index in [0.29, 0.717) is 18.1 Å². The second kappa shape index (κ2) is 12.5. The van der Waals surface area contributed by atoms with Crippen LogP contribution >= 0.6 is 17.7 Å². The van der Waals surface area contributed by atoms with Gasteiger partial charge >= 0.3 is 6.09 Å². The smallest absolute Gasteiger partial charge is 0.415 e. The minimum absolute atomic E-state index is 0.0285. The Bertz CT molecular complexity index is 720. The molecule has 0 fully saturated rings. The fourth-order valence-electron chi connectivity index (χ4n) is 2.30. The summed E-state index contributed by atoms with van der Waals surface area (Å²) in [4.78, 5) is 19.0. The lowest BCUT2D eigenvalue weighted by Crippen LogP contribution is -2.28. The Morgan fingerprint density at radius 3 is 2.28 bits per heavy atom. The van der Waals surface area contributed by atoms with E-state index < -0.39 is 28.9 Å². The molecule has 0 spiro atoms. The van der Waals surface area contributed by atoms with Crippen molar-refractivity contribution in [1.29, 1.82) is 0 Å². The van der Waals surface area contributed by atoms with Crippen LogP contribution < -0.4 is 0 Å². The van der Waals surface area contributed by atoms with Crippen molar-refractivity contribution >= 4 is 40.9 Å². The van der Waals surface area contributed by atoms with Crippen LogP contribution in [0.2, 0.25) is 0 Å². The molecule has 7 nitrogen and oxygen atoms in total. The molecule has 0 saturated heterocycles. The molecule has 2 atom stereocenters. The first-order chi connectivity index (χ1) is 13.7. The van der Waals surface area contributed by atoms with Gasteiger partial charge in [0.2, 0.25) is 0 Å². The van der Waals surface area contributed by atoms with Crippen LogP contribution in [0.25, 0.3) is 0 Å². The van der Waals surface area contributed by atoms with Gasteiger partial charge in [0.1, 0.15) is 24.5 Å². The molecule has 0 aromatic heterocycles. The Morgan fingerprint density at radius 2 is 1.83 bits per heavy atom. The summed E-state index contributed by atoms with van der Waals surface area (Å²) in [7, 11) is 4.49. The fourth-order valence-corrected chi connectivity index (χ4v) is 7.62. The normalized spacial score (nSPS) is 14.2. The number of amides is 1. The average Bonchev–Trinajstić information content (AvgIpc) is 2.71. The zero-order valence-electron chi connectivity index (χ0n) is 17.9. The lowest BCUT2D eigenvalue weighted by Gasteiger charge is -2.24. The summed E-state index contributed by atoms with van der Waals surface area (Å²) in [6.45, 7) is 5.74. The largest absolute Gasteiger partial charge is 0.611 e. The SMILES string of the molecule is CCC[S@+]([O-])c1ccc(C(SP(=O)(CC)CC)C(=NOC)OC(=O)N(C)C)cc1. The van der Waals surface area contributed by atoms with E-state index in [-0.39, 0.29) is 5.90 Å². The summed E-state index contributed by atoms with van der Waals surface area (Å²) < 4.78 is 30.9. The molecule has 0 saturated carbocycles. The third-order valence-corrected chi connectivity index (χ3v) is 12.0. The highest BCUT2D eigenvalue weighted by atomic mass is 32.7. The summed E-state index contributed by atoms with van der Waals surface area (Å²) in [5.41, 5.74) is 0.747. The number of hydrogen-bond acceptors (Lipinski definition) is 7. The molecule has 29 heavy (non-hydrogen) atoms. The van der Waals surface area contributed by atoms with Crippen LogP contribution in [-0.2, 0) is 25.3 Å². The van der Waals surface area contributed by atoms with Crippen molar-refractivity contribution in [3.05, 3.63) is 29.8 Å². The van der Waals surface area contributed by atoms with Gasteiger partial charge in [-0.05, 0) is 35.3 Å². The van der Waals surface area contributed by atoms with Crippen LogP contribution in [0.3, 0.4) is 0 Å². The maximum absolute atomic E-state index is 13.2. The van der Waals surface area contributed by atoms with E-state index in [1.54, 1.807) is 26.2 Å². The van der Waals surface area contributed by atoms with Crippen LogP contribution in [0, 0.1) is 0 Å². The second-order valence-corrected chi connectivity index (χ2v) is 14.2. The number of carbonyl (C=O) groups excluding carboxylic acids is 1. The van der Waals surface area contributed by atoms with Gasteiger partial charge in [-0.25, -0.2) is 4.79 Å². The molecule has 0 aliphatic carbocycles. The van der Waals surface area contributed by atoms with Crippen LogP contribution in [0.15, 0.2) is 34.3 Å². The highest BCUT2D eigenvalue weighted by Crippen LogP contribution is 2.63. The van der Waals surface area contributed by atoms with Gasteiger partial charge in [-0.3, -0.25) is 0 Å². The zero-order chi connectivity index (χ0) is 22.0. The third-order valence-electron chi connectivity index (χ3n) is 4.06. The number of rotatable bonds is 10. The first-order valence-corrected chi connectivity index (χ1v) is 14.3. The van der Waals surface area contributed by atoms with Crippen LogP contribution in [-0.4, -0.2) is 60.7 Å². The molecular formula is C19H31N2O5PS2. The van der Waals surface area contributed by atoms with Crippen LogP contribution in [0.4, 0.5) is 4.79 Å². The topological polar surface area (TPSA) is 91.3 Å². The molecule has 0 aliphatic heterocycles. The van der Waals surface area contributed by atoms with E-state index in [9.17, 15) is 13.9 Å². The molecule has 0 radical (unpaired) electrons. The van der Waals surface area contributed by atoms with E-state index in [2.05, 4.69) is 5.16 Å². The van der Waals surface area contributed by atoms with E-state index >= 15 is 0 Å². The molecule has 0 aliphatic rings. The van der Waals surface area contributed by atoms with Crippen molar-refractivity contribution in [1.82, 2.24) is 4.90 Å². The number of benzene rings is 1. The van der Waals surface area contributed by atoms with Crippen LogP contribution in [0.1, 0.15) is 38.0 Å². The van der Waals surface area contributed by atoms with Gasteiger partial charge in [0.25, 0.3) is 5.90 Å². The Balaban J connectivity index is 3.33. The minimum Gasteiger partial charge on any atom is -0.611 e. The lowest BCUT2D eigenvalue weighted by atomic mass is 10.1. The fraction of sp³-hybridized carbons (Fsp3) is 0.579. The number of oxime groups is 1. The van der Waals surface area contributed by atoms with Gasteiger partial charge in [0.15, 0.2) is 4.90 Å². The van der Waals surface area contributed by atoms with E-state index in [1.807, 2.05) is 32.9 Å². The highest BCUT2D eigenvalue weighted by Gasteiger charge is 2.32. The Labute approximate surface area is 180 Å². The molecule has 1 amide bonds. The summed E-state index contributed by atoms with van der Waals surface area (Å²) in [6.07, 6.45) is -1.34. The quantitative estimate of drug-likeness (QED) is 0.161. The first kappa shape index (κ1) is 25.9. The van der Waals surface area contributed by atoms with Crippen molar-refractivity contribution in [3.63, 3.8) is 0 Å². The van der Waals surface area contributed by atoms with Crippen molar-refractivity contribution in [2.45, 2.75) is 37.3 Å². The molecular weight excluding hydrogens is 431 g/mol. The minimum atomic E-state index is -2.57. The molecule has 0 heterocycles. The number of hydrogen-bond donors (Lipinski definition) is 0. The summed E-state index contributed by atoms with van der Waals surface area (Å²) in [5, 5.41) is 3.31. The van der Waals surface area contributed by atoms with Gasteiger partial charge in [0.05, 0.1) is 0 Å². The standard InChI is InChI=1S/C19H31N2O5PS2/c1-7-14-29(24)16-12-10-15(11-13-16)17(28-27(23,8-2)9-3)18(20-25-6)26-19(22)21(4)5/h10-13,17H,7-9,14H2,1-6H3/t17?,29-/m0/s1. The highest BCUT2D eigenvalue weighted by molar-refractivity contribution is 8.58. The van der Waals surface area contributed by atoms with E-state index in [4.69, 9.17) is 9.57 Å². The molecule has 1 aromatic carbocycles. The van der Waals surface area contributed by atoms with Crippen molar-refractivity contribution in [2.75, 3.05) is 39.3 Å². The van der Waals surface area contributed by atoms with Gasteiger partial charge in [0, 0.05) is 26.4 Å². The molecule has 0 bridgehead atoms. The molecule has 1 unspecified atom stereocenters. The Kier molecular flexibility index (Phi) is 11.2. The van der Waals surface area contributed by atoms with Crippen LogP contribution in [0.5, 0.6) is 0 Å². The molecule has 10 heteroatoms. The van der Waals surface area contributed by atoms with Crippen molar-refractivity contribution in [2.24, 2.45) is 5.16 Å². The number of nitrogens with zero attached hydrogens (tertiary/aromatic N) is 2. The van der Waals surface area contributed by atoms with Gasteiger partial charge in [-0.2, -0.15) is 0 Å². The number of ether oxygens (including phenoxy) is 1. The van der Waals surface area contributed by atoms with E-state index in [0.717, 1.165) is 16.9 Å². The first-order valence-electron chi connectivity index (χ1n) is 9.46. The predicted octanol–water partition coefficient (Wildman–Crippen LogP) is 4.95. The average molecular weight is 463 g/mol. The monoisotopic (exact) mass is 462 g/mol. The molecule has 0 N–H and O–H groups in total. The Morgan fingerprint density at radius 1 is 1.24 bits per heavy atom. The maximum Gasteiger partial charge on any atom is 0.415 e. The summed E-state index contributed by atoms with van der Waals surface area (Å²) in [5.74, 6) is 0.621. The van der Waals surface area contributed by atoms with Crippen molar-refractivity contribution in [3.8, 4) is 0 Å².